The number of nitro groups is 1. The summed E-state index contributed by atoms with van der Waals surface area (Å²) in [6.45, 7) is 0.472. The van der Waals surface area contributed by atoms with Gasteiger partial charge in [0.05, 0.1) is 11.0 Å². The smallest absolute Gasteiger partial charge is 0.305 e. The van der Waals surface area contributed by atoms with E-state index in [-0.39, 0.29) is 23.3 Å². The molecule has 8 nitrogen and oxygen atoms in total. The molecule has 1 aliphatic heterocycles. The Hall–Kier alpha value is -2.69. The van der Waals surface area contributed by atoms with E-state index < -0.39 is 4.92 Å². The van der Waals surface area contributed by atoms with Crippen molar-refractivity contribution in [2.45, 2.75) is 12.5 Å². The zero-order valence-corrected chi connectivity index (χ0v) is 9.21. The van der Waals surface area contributed by atoms with E-state index >= 15 is 0 Å². The van der Waals surface area contributed by atoms with Gasteiger partial charge in [0, 0.05) is 19.0 Å². The molecule has 1 aromatic rings. The Morgan fingerprint density at radius 3 is 2.94 bits per heavy atom. The van der Waals surface area contributed by atoms with Crippen LogP contribution in [-0.2, 0) is 4.79 Å². The Labute approximate surface area is 102 Å². The highest BCUT2D eigenvalue weighted by molar-refractivity contribution is 5.79. The van der Waals surface area contributed by atoms with Crippen molar-refractivity contribution >= 4 is 17.4 Å². The molecule has 0 radical (unpaired) electrons. The van der Waals surface area contributed by atoms with Gasteiger partial charge in [0.2, 0.25) is 11.6 Å². The van der Waals surface area contributed by atoms with E-state index in [9.17, 15) is 14.9 Å². The Morgan fingerprint density at radius 1 is 1.61 bits per heavy atom. The van der Waals surface area contributed by atoms with Gasteiger partial charge in [-0.25, -0.2) is 4.98 Å². The van der Waals surface area contributed by atoms with E-state index in [1.165, 1.54) is 12.1 Å². The van der Waals surface area contributed by atoms with E-state index in [1.54, 1.807) is 6.07 Å². The minimum absolute atomic E-state index is 0.0603. The summed E-state index contributed by atoms with van der Waals surface area (Å²) in [6, 6.07) is 4.20. The number of hydrogen-bond acceptors (Lipinski definition) is 6. The van der Waals surface area contributed by atoms with E-state index in [2.05, 4.69) is 15.6 Å². The molecule has 1 amide bonds. The van der Waals surface area contributed by atoms with Gasteiger partial charge in [-0.05, 0) is 6.07 Å². The largest absolute Gasteiger partial charge is 0.365 e. The molecule has 0 aromatic carbocycles. The van der Waals surface area contributed by atoms with Gasteiger partial charge in [0.15, 0.2) is 0 Å². The van der Waals surface area contributed by atoms with Gasteiger partial charge < -0.3 is 10.6 Å². The van der Waals surface area contributed by atoms with Crippen LogP contribution in [0, 0.1) is 21.4 Å². The second kappa shape index (κ2) is 4.67. The second-order valence-corrected chi connectivity index (χ2v) is 3.78. The number of rotatable bonds is 3. The number of carbonyl (C=O) groups excluding carboxylic acids is 1. The highest BCUT2D eigenvalue weighted by atomic mass is 16.6. The quantitative estimate of drug-likeness (QED) is 0.579. The Kier molecular flexibility index (Phi) is 3.05. The van der Waals surface area contributed by atoms with E-state index in [0.29, 0.717) is 18.8 Å². The average Bonchev–Trinajstić information content (AvgIpc) is 2.74. The third kappa shape index (κ3) is 2.35. The zero-order valence-electron chi connectivity index (χ0n) is 9.21. The van der Waals surface area contributed by atoms with E-state index in [0.717, 1.165) is 0 Å². The molecule has 18 heavy (non-hydrogen) atoms. The van der Waals surface area contributed by atoms with Crippen molar-refractivity contribution in [1.82, 2.24) is 10.3 Å². The normalized spacial score (nSPS) is 17.9. The molecular formula is C10H9N5O3. The standard InChI is InChI=1S/C10H9N5O3/c11-4-7-8(15(17)18)1-2-9(14-7)13-6-3-10(16)12-5-6/h1-2,6H,3,5H2,(H,12,16)(H,13,14). The molecule has 1 saturated heterocycles. The molecule has 8 heteroatoms. The van der Waals surface area contributed by atoms with Crippen molar-refractivity contribution in [3.05, 3.63) is 27.9 Å². The lowest BCUT2D eigenvalue weighted by Crippen LogP contribution is -2.23. The maximum Gasteiger partial charge on any atom is 0.305 e. The fourth-order valence-corrected chi connectivity index (χ4v) is 1.68. The van der Waals surface area contributed by atoms with Crippen molar-refractivity contribution in [3.63, 3.8) is 0 Å². The highest BCUT2D eigenvalue weighted by Gasteiger charge is 2.22. The number of nitriles is 1. The van der Waals surface area contributed by atoms with Crippen LogP contribution in [0.15, 0.2) is 12.1 Å². The highest BCUT2D eigenvalue weighted by Crippen LogP contribution is 2.19. The predicted octanol–water partition coefficient (Wildman–Crippen LogP) is 0.162. The first-order valence-corrected chi connectivity index (χ1v) is 5.19. The topological polar surface area (TPSA) is 121 Å². The molecule has 0 bridgehead atoms. The molecule has 1 unspecified atom stereocenters. The number of amides is 1. The van der Waals surface area contributed by atoms with Crippen molar-refractivity contribution in [2.24, 2.45) is 0 Å². The molecule has 1 aromatic heterocycles. The molecule has 92 valence electrons. The van der Waals surface area contributed by atoms with Crippen LogP contribution in [0.4, 0.5) is 11.5 Å². The lowest BCUT2D eigenvalue weighted by Gasteiger charge is -2.10. The van der Waals surface area contributed by atoms with Gasteiger partial charge in [-0.1, -0.05) is 0 Å². The Bertz CT molecular complexity index is 551. The fraction of sp³-hybridized carbons (Fsp3) is 0.300. The van der Waals surface area contributed by atoms with Crippen LogP contribution < -0.4 is 10.6 Å². The zero-order chi connectivity index (χ0) is 13.1. The third-order valence-electron chi connectivity index (χ3n) is 2.51. The Morgan fingerprint density at radius 2 is 2.39 bits per heavy atom. The SMILES string of the molecule is N#Cc1nc(NC2CNC(=O)C2)ccc1[N+](=O)[O-]. The maximum absolute atomic E-state index is 11.0. The number of carbonyl (C=O) groups is 1. The summed E-state index contributed by atoms with van der Waals surface area (Å²) in [5.41, 5.74) is -0.578. The molecule has 2 N–H and O–H groups in total. The lowest BCUT2D eigenvalue weighted by atomic mass is 10.2. The average molecular weight is 247 g/mol. The fourth-order valence-electron chi connectivity index (χ4n) is 1.68. The van der Waals surface area contributed by atoms with Crippen LogP contribution in [0.1, 0.15) is 12.1 Å². The van der Waals surface area contributed by atoms with Gasteiger partial charge in [0.25, 0.3) is 0 Å². The lowest BCUT2D eigenvalue weighted by molar-refractivity contribution is -0.385. The summed E-state index contributed by atoms with van der Waals surface area (Å²) < 4.78 is 0. The summed E-state index contributed by atoms with van der Waals surface area (Å²) >= 11 is 0. The van der Waals surface area contributed by atoms with Crippen LogP contribution in [-0.4, -0.2) is 28.4 Å². The van der Waals surface area contributed by atoms with Crippen molar-refractivity contribution in [1.29, 1.82) is 5.26 Å². The molecule has 1 fully saturated rings. The summed E-state index contributed by atoms with van der Waals surface area (Å²) in [5.74, 6) is 0.286. The number of nitrogens with one attached hydrogen (secondary N) is 2. The molecule has 0 saturated carbocycles. The van der Waals surface area contributed by atoms with Crippen LogP contribution in [0.2, 0.25) is 0 Å². The number of nitrogens with zero attached hydrogens (tertiary/aromatic N) is 3. The first-order valence-electron chi connectivity index (χ1n) is 5.19. The molecule has 2 heterocycles. The molecule has 2 rings (SSSR count). The van der Waals surface area contributed by atoms with Crippen LogP contribution in [0.5, 0.6) is 0 Å². The maximum atomic E-state index is 11.0. The minimum Gasteiger partial charge on any atom is -0.365 e. The molecule has 1 aliphatic rings. The summed E-state index contributed by atoms with van der Waals surface area (Å²) in [5, 5.41) is 25.0. The Balaban J connectivity index is 2.18. The predicted molar refractivity (Wildman–Crippen MR) is 60.6 cm³/mol. The molecular weight excluding hydrogens is 238 g/mol. The number of hydrogen-bond donors (Lipinski definition) is 2. The number of aromatic nitrogens is 1. The first-order chi connectivity index (χ1) is 8.60. The van der Waals surface area contributed by atoms with Crippen molar-refractivity contribution in [2.75, 3.05) is 11.9 Å². The van der Waals surface area contributed by atoms with Gasteiger partial charge in [-0.3, -0.25) is 14.9 Å². The van der Waals surface area contributed by atoms with Crippen molar-refractivity contribution in [3.8, 4) is 6.07 Å². The van der Waals surface area contributed by atoms with Crippen molar-refractivity contribution < 1.29 is 9.72 Å². The summed E-state index contributed by atoms with van der Waals surface area (Å²) in [6.07, 6.45) is 0.320. The monoisotopic (exact) mass is 247 g/mol. The van der Waals surface area contributed by atoms with E-state index in [1.807, 2.05) is 0 Å². The van der Waals surface area contributed by atoms with E-state index in [4.69, 9.17) is 5.26 Å². The first kappa shape index (κ1) is 11.8. The van der Waals surface area contributed by atoms with Gasteiger partial charge in [0.1, 0.15) is 11.9 Å². The third-order valence-corrected chi connectivity index (χ3v) is 2.51. The van der Waals surface area contributed by atoms with Gasteiger partial charge in [-0.15, -0.1) is 0 Å². The summed E-state index contributed by atoms with van der Waals surface area (Å²) in [4.78, 5) is 24.8. The van der Waals surface area contributed by atoms with Crippen LogP contribution in [0.25, 0.3) is 0 Å². The minimum atomic E-state index is -0.657. The summed E-state index contributed by atoms with van der Waals surface area (Å²) in [7, 11) is 0. The second-order valence-electron chi connectivity index (χ2n) is 3.78. The molecule has 1 atom stereocenters. The molecule has 0 spiro atoms. The van der Waals surface area contributed by atoms with Crippen LogP contribution in [0.3, 0.4) is 0 Å². The van der Waals surface area contributed by atoms with Gasteiger partial charge >= 0.3 is 5.69 Å². The van der Waals surface area contributed by atoms with Crippen LogP contribution >= 0.6 is 0 Å². The number of anilines is 1. The molecule has 0 aliphatic carbocycles. The van der Waals surface area contributed by atoms with Gasteiger partial charge in [-0.2, -0.15) is 5.26 Å². The number of pyridine rings is 1.